The summed E-state index contributed by atoms with van der Waals surface area (Å²) in [5, 5.41) is 0. The van der Waals surface area contributed by atoms with Crippen molar-refractivity contribution in [1.29, 1.82) is 0 Å². The average Bonchev–Trinajstić information content (AvgIpc) is 2.38. The molecule has 0 aromatic heterocycles. The molecule has 0 spiro atoms. The highest BCUT2D eigenvalue weighted by Gasteiger charge is 2.05. The Morgan fingerprint density at radius 2 is 2.29 bits per heavy atom. The summed E-state index contributed by atoms with van der Waals surface area (Å²) < 4.78 is 4.19. The number of hydrogen-bond donors (Lipinski definition) is 1. The molecule has 3 nitrogen and oxygen atoms in total. The summed E-state index contributed by atoms with van der Waals surface area (Å²) in [7, 11) is 1.90. The fraction of sp³-hybridized carbons (Fsp3) is 0.364. The summed E-state index contributed by atoms with van der Waals surface area (Å²) in [5.74, 6) is 1.83. The monoisotopic (exact) mass is 289 g/mol. The van der Waals surface area contributed by atoms with Crippen molar-refractivity contribution < 1.29 is 0 Å². The van der Waals surface area contributed by atoms with Gasteiger partial charge in [-0.3, -0.25) is 0 Å². The fourth-order valence-corrected chi connectivity index (χ4v) is 2.23. The van der Waals surface area contributed by atoms with Crippen LogP contribution in [0.15, 0.2) is 33.6 Å². The van der Waals surface area contributed by atoms with Crippen LogP contribution in [0, 0.1) is 0 Å². The number of alkyl halides is 1. The number of anilines is 1. The predicted molar refractivity (Wildman–Crippen MR) is 81.4 cm³/mol. The lowest BCUT2D eigenvalue weighted by molar-refractivity contribution is 1.22. The number of benzene rings is 1. The van der Waals surface area contributed by atoms with Crippen molar-refractivity contribution in [3.8, 4) is 0 Å². The highest BCUT2D eigenvalue weighted by molar-refractivity contribution is 7.98. The number of nitrogens with zero attached hydrogens (tertiary/aromatic N) is 2. The Hall–Kier alpha value is -0.520. The van der Waals surface area contributed by atoms with Crippen LogP contribution in [-0.4, -0.2) is 30.9 Å². The zero-order chi connectivity index (χ0) is 12.7. The number of hydrogen-bond acceptors (Lipinski definition) is 3. The molecule has 0 bridgehead atoms. The highest BCUT2D eigenvalue weighted by atomic mass is 35.5. The van der Waals surface area contributed by atoms with E-state index in [4.69, 9.17) is 17.3 Å². The van der Waals surface area contributed by atoms with Gasteiger partial charge in [-0.1, -0.05) is 6.07 Å². The molecule has 0 unspecified atom stereocenters. The molecular formula is C11H16ClN3S2. The first-order chi connectivity index (χ1) is 8.19. The maximum Gasteiger partial charge on any atom is 0.207 e. The van der Waals surface area contributed by atoms with Crippen LogP contribution in [-0.2, 0) is 0 Å². The Balaban J connectivity index is 2.73. The van der Waals surface area contributed by atoms with Gasteiger partial charge in [-0.25, -0.2) is 0 Å². The first kappa shape index (κ1) is 14.5. The van der Waals surface area contributed by atoms with Gasteiger partial charge in [0, 0.05) is 29.3 Å². The largest absolute Gasteiger partial charge is 0.369 e. The number of thioether (sulfide) groups is 1. The predicted octanol–water partition coefficient (Wildman–Crippen LogP) is 3.05. The third kappa shape index (κ3) is 4.69. The standard InChI is InChI=1S/C11H16ClN3S2/c1-15(11(13)14-17-7-6-12)9-4-3-5-10(8-9)16-2/h3-5,8H,6-7H2,1-2H3,(H2,13,14). The quantitative estimate of drug-likeness (QED) is 0.226. The molecule has 17 heavy (non-hydrogen) atoms. The lowest BCUT2D eigenvalue weighted by Crippen LogP contribution is -2.33. The maximum atomic E-state index is 5.89. The van der Waals surface area contributed by atoms with E-state index in [1.54, 1.807) is 11.8 Å². The first-order valence-corrected chi connectivity index (χ1v) is 7.78. The third-order valence-corrected chi connectivity index (χ3v) is 3.95. The van der Waals surface area contributed by atoms with Crippen molar-refractivity contribution in [3.63, 3.8) is 0 Å². The molecule has 0 aliphatic rings. The Kier molecular flexibility index (Phi) is 6.62. The zero-order valence-corrected chi connectivity index (χ0v) is 12.3. The first-order valence-electron chi connectivity index (χ1n) is 5.08. The van der Waals surface area contributed by atoms with E-state index in [1.807, 2.05) is 30.3 Å². The molecule has 0 aliphatic heterocycles. The van der Waals surface area contributed by atoms with Crippen LogP contribution in [0.5, 0.6) is 0 Å². The van der Waals surface area contributed by atoms with Crippen molar-refractivity contribution in [1.82, 2.24) is 0 Å². The molecule has 6 heteroatoms. The normalized spacial score (nSPS) is 11.6. The second kappa shape index (κ2) is 7.74. The molecule has 2 N–H and O–H groups in total. The van der Waals surface area contributed by atoms with Crippen LogP contribution in [0.2, 0.25) is 0 Å². The van der Waals surface area contributed by atoms with Crippen LogP contribution in [0.1, 0.15) is 0 Å². The molecule has 1 aromatic rings. The Bertz CT molecular complexity index is 385. The minimum Gasteiger partial charge on any atom is -0.369 e. The van der Waals surface area contributed by atoms with E-state index in [2.05, 4.69) is 16.5 Å². The van der Waals surface area contributed by atoms with E-state index in [1.165, 1.54) is 16.8 Å². The van der Waals surface area contributed by atoms with Gasteiger partial charge in [0.05, 0.1) is 0 Å². The Morgan fingerprint density at radius 1 is 1.53 bits per heavy atom. The number of rotatable bonds is 5. The van der Waals surface area contributed by atoms with Gasteiger partial charge in [-0.05, 0) is 36.4 Å². The molecule has 0 amide bonds. The smallest absolute Gasteiger partial charge is 0.207 e. The lowest BCUT2D eigenvalue weighted by Gasteiger charge is -2.18. The molecule has 0 radical (unpaired) electrons. The van der Waals surface area contributed by atoms with Crippen molar-refractivity contribution >= 4 is 47.0 Å². The van der Waals surface area contributed by atoms with Crippen LogP contribution < -0.4 is 10.6 Å². The van der Waals surface area contributed by atoms with Gasteiger partial charge in [-0.2, -0.15) is 4.40 Å². The van der Waals surface area contributed by atoms with Gasteiger partial charge >= 0.3 is 0 Å². The summed E-state index contributed by atoms with van der Waals surface area (Å²) in [6.45, 7) is 0. The second-order valence-electron chi connectivity index (χ2n) is 3.23. The van der Waals surface area contributed by atoms with Crippen molar-refractivity contribution in [2.75, 3.05) is 29.8 Å². The maximum absolute atomic E-state index is 5.89. The van der Waals surface area contributed by atoms with Gasteiger partial charge < -0.3 is 10.6 Å². The Labute approximate surface area is 116 Å². The van der Waals surface area contributed by atoms with Gasteiger partial charge in [0.2, 0.25) is 5.96 Å². The van der Waals surface area contributed by atoms with E-state index in [-0.39, 0.29) is 0 Å². The third-order valence-electron chi connectivity index (χ3n) is 2.11. The van der Waals surface area contributed by atoms with E-state index < -0.39 is 0 Å². The lowest BCUT2D eigenvalue weighted by atomic mass is 10.3. The number of halogens is 1. The van der Waals surface area contributed by atoms with E-state index in [9.17, 15) is 0 Å². The summed E-state index contributed by atoms with van der Waals surface area (Å²) in [5.41, 5.74) is 6.92. The molecule has 0 aliphatic carbocycles. The molecule has 94 valence electrons. The number of guanidine groups is 1. The SMILES string of the molecule is CSc1cccc(N(C)C(N)=NSCCCl)c1. The molecule has 0 saturated carbocycles. The molecule has 1 rings (SSSR count). The number of nitrogens with two attached hydrogens (primary N) is 1. The minimum absolute atomic E-state index is 0.485. The molecule has 1 aromatic carbocycles. The van der Waals surface area contributed by atoms with Crippen molar-refractivity contribution in [2.24, 2.45) is 10.1 Å². The van der Waals surface area contributed by atoms with Gasteiger partial charge in [0.25, 0.3) is 0 Å². The summed E-state index contributed by atoms with van der Waals surface area (Å²) in [6.07, 6.45) is 2.05. The Morgan fingerprint density at radius 3 is 2.94 bits per heavy atom. The topological polar surface area (TPSA) is 41.6 Å². The average molecular weight is 290 g/mol. The highest BCUT2D eigenvalue weighted by Crippen LogP contribution is 2.21. The van der Waals surface area contributed by atoms with Gasteiger partial charge in [0.15, 0.2) is 0 Å². The van der Waals surface area contributed by atoms with Crippen LogP contribution >= 0.6 is 35.3 Å². The van der Waals surface area contributed by atoms with E-state index >= 15 is 0 Å². The summed E-state index contributed by atoms with van der Waals surface area (Å²) in [4.78, 5) is 3.07. The van der Waals surface area contributed by atoms with Gasteiger partial charge in [0.1, 0.15) is 0 Å². The van der Waals surface area contributed by atoms with Crippen molar-refractivity contribution in [3.05, 3.63) is 24.3 Å². The van der Waals surface area contributed by atoms with Crippen LogP contribution in [0.25, 0.3) is 0 Å². The van der Waals surface area contributed by atoms with Crippen LogP contribution in [0.3, 0.4) is 0 Å². The zero-order valence-electron chi connectivity index (χ0n) is 9.89. The van der Waals surface area contributed by atoms with E-state index in [0.717, 1.165) is 11.4 Å². The molecular weight excluding hydrogens is 274 g/mol. The minimum atomic E-state index is 0.485. The van der Waals surface area contributed by atoms with Gasteiger partial charge in [-0.15, -0.1) is 23.4 Å². The van der Waals surface area contributed by atoms with Crippen molar-refractivity contribution in [2.45, 2.75) is 4.90 Å². The van der Waals surface area contributed by atoms with E-state index in [0.29, 0.717) is 11.8 Å². The second-order valence-corrected chi connectivity index (χ2v) is 5.34. The molecule has 0 atom stereocenters. The summed E-state index contributed by atoms with van der Waals surface area (Å²) >= 11 is 8.66. The molecule has 0 fully saturated rings. The fourth-order valence-electron chi connectivity index (χ4n) is 1.16. The van der Waals surface area contributed by atoms with Crippen LogP contribution in [0.4, 0.5) is 5.69 Å². The summed E-state index contributed by atoms with van der Waals surface area (Å²) in [6, 6.07) is 8.17. The molecule has 0 heterocycles. The molecule has 0 saturated heterocycles.